The van der Waals surface area contributed by atoms with Gasteiger partial charge >= 0.3 is 0 Å². The zero-order valence-electron chi connectivity index (χ0n) is 11.2. The van der Waals surface area contributed by atoms with Crippen LogP contribution in [-0.4, -0.2) is 40.9 Å². The van der Waals surface area contributed by atoms with Gasteiger partial charge in [-0.25, -0.2) is 0 Å². The van der Waals surface area contributed by atoms with Gasteiger partial charge in [0.15, 0.2) is 0 Å². The molecule has 1 rings (SSSR count). The summed E-state index contributed by atoms with van der Waals surface area (Å²) in [5.41, 5.74) is 0. The molecule has 3 nitrogen and oxygen atoms in total. The van der Waals surface area contributed by atoms with E-state index in [0.717, 1.165) is 4.90 Å². The normalized spacial score (nSPS) is 13.8. The summed E-state index contributed by atoms with van der Waals surface area (Å²) in [6, 6.07) is 5.07. The number of rotatable bonds is 7. The maximum atomic E-state index is 11.9. The third-order valence-corrected chi connectivity index (χ3v) is 5.58. The summed E-state index contributed by atoms with van der Waals surface area (Å²) in [7, 11) is 0. The average Bonchev–Trinajstić information content (AvgIpc) is 2.41. The van der Waals surface area contributed by atoms with Gasteiger partial charge in [-0.1, -0.05) is 23.2 Å². The molecular weight excluding hydrogens is 337 g/mol. The Morgan fingerprint density at radius 3 is 2.75 bits per heavy atom. The van der Waals surface area contributed by atoms with Crippen molar-refractivity contribution in [3.8, 4) is 0 Å². The smallest absolute Gasteiger partial charge is 0.230 e. The first-order chi connectivity index (χ1) is 9.47. The molecule has 2 N–H and O–H groups in total. The van der Waals surface area contributed by atoms with E-state index in [9.17, 15) is 9.90 Å². The Balaban J connectivity index is 2.49. The molecule has 2 atom stereocenters. The maximum absolute atomic E-state index is 11.9. The minimum Gasteiger partial charge on any atom is -0.395 e. The molecule has 0 aromatic heterocycles. The Hall–Kier alpha value is -0.0700. The molecule has 2 unspecified atom stereocenters. The first-order valence-corrected chi connectivity index (χ1v) is 9.01. The van der Waals surface area contributed by atoms with Crippen molar-refractivity contribution >= 4 is 52.6 Å². The van der Waals surface area contributed by atoms with Gasteiger partial charge in [0.25, 0.3) is 0 Å². The monoisotopic (exact) mass is 353 g/mol. The number of nitrogens with one attached hydrogen (secondary N) is 1. The minimum atomic E-state index is -0.0916. The van der Waals surface area contributed by atoms with Crippen LogP contribution in [0, 0.1) is 0 Å². The molecular formula is C13H17Cl2NO2S2. The number of thioether (sulfide) groups is 2. The average molecular weight is 354 g/mol. The van der Waals surface area contributed by atoms with Crippen LogP contribution >= 0.6 is 46.7 Å². The van der Waals surface area contributed by atoms with Gasteiger partial charge in [-0.05, 0) is 31.4 Å². The Morgan fingerprint density at radius 2 is 2.15 bits per heavy atom. The van der Waals surface area contributed by atoms with Crippen molar-refractivity contribution in [1.29, 1.82) is 0 Å². The van der Waals surface area contributed by atoms with Crippen molar-refractivity contribution in [3.63, 3.8) is 0 Å². The van der Waals surface area contributed by atoms with E-state index in [1.807, 2.05) is 13.2 Å². The molecule has 0 fully saturated rings. The third kappa shape index (κ3) is 5.74. The Bertz CT molecular complexity index is 456. The molecule has 112 valence electrons. The molecule has 0 heterocycles. The molecule has 1 aromatic carbocycles. The van der Waals surface area contributed by atoms with E-state index < -0.39 is 0 Å². The van der Waals surface area contributed by atoms with Crippen LogP contribution in [0.15, 0.2) is 23.1 Å². The van der Waals surface area contributed by atoms with Crippen LogP contribution in [0.2, 0.25) is 10.0 Å². The van der Waals surface area contributed by atoms with E-state index in [1.54, 1.807) is 18.2 Å². The van der Waals surface area contributed by atoms with E-state index in [-0.39, 0.29) is 29.6 Å². The summed E-state index contributed by atoms with van der Waals surface area (Å²) in [6.07, 6.45) is 1.91. The Labute approximate surface area is 137 Å². The largest absolute Gasteiger partial charge is 0.395 e. The topological polar surface area (TPSA) is 49.3 Å². The van der Waals surface area contributed by atoms with Crippen molar-refractivity contribution in [1.82, 2.24) is 5.32 Å². The zero-order chi connectivity index (χ0) is 15.1. The van der Waals surface area contributed by atoms with Crippen LogP contribution < -0.4 is 5.32 Å². The molecule has 0 spiro atoms. The highest BCUT2D eigenvalue weighted by molar-refractivity contribution is 8.00. The fourth-order valence-electron chi connectivity index (χ4n) is 1.56. The first-order valence-electron chi connectivity index (χ1n) is 5.98. The number of carbonyl (C=O) groups excluding carboxylic acids is 1. The van der Waals surface area contributed by atoms with E-state index in [0.29, 0.717) is 10.0 Å². The lowest BCUT2D eigenvalue weighted by Gasteiger charge is -2.21. The summed E-state index contributed by atoms with van der Waals surface area (Å²) in [5.74, 6) is 0.169. The second-order valence-electron chi connectivity index (χ2n) is 4.18. The van der Waals surface area contributed by atoms with E-state index in [2.05, 4.69) is 5.32 Å². The van der Waals surface area contributed by atoms with Crippen LogP contribution in [0.5, 0.6) is 0 Å². The zero-order valence-corrected chi connectivity index (χ0v) is 14.4. The number of aliphatic hydroxyl groups is 1. The van der Waals surface area contributed by atoms with Gasteiger partial charge in [0.2, 0.25) is 5.91 Å². The number of amides is 1. The molecule has 0 bridgehead atoms. The number of hydrogen-bond acceptors (Lipinski definition) is 4. The van der Waals surface area contributed by atoms with Crippen LogP contribution in [0.25, 0.3) is 0 Å². The number of halogens is 2. The van der Waals surface area contributed by atoms with Crippen molar-refractivity contribution in [2.24, 2.45) is 0 Å². The molecule has 7 heteroatoms. The van der Waals surface area contributed by atoms with Crippen LogP contribution in [0.4, 0.5) is 0 Å². The van der Waals surface area contributed by atoms with E-state index >= 15 is 0 Å². The van der Waals surface area contributed by atoms with Crippen LogP contribution in [0.1, 0.15) is 6.92 Å². The molecule has 0 aliphatic heterocycles. The highest BCUT2D eigenvalue weighted by Crippen LogP contribution is 2.29. The van der Waals surface area contributed by atoms with E-state index in [4.69, 9.17) is 23.2 Å². The fourth-order valence-corrected chi connectivity index (χ4v) is 3.49. The quantitative estimate of drug-likeness (QED) is 0.738. The molecule has 0 radical (unpaired) electrons. The second kappa shape index (κ2) is 9.05. The Morgan fingerprint density at radius 1 is 1.45 bits per heavy atom. The van der Waals surface area contributed by atoms with Gasteiger partial charge in [-0.2, -0.15) is 11.8 Å². The predicted octanol–water partition coefficient (Wildman–Crippen LogP) is 3.31. The van der Waals surface area contributed by atoms with Gasteiger partial charge < -0.3 is 10.4 Å². The number of benzene rings is 1. The lowest BCUT2D eigenvalue weighted by atomic mass is 10.2. The lowest BCUT2D eigenvalue weighted by Crippen LogP contribution is -2.42. The van der Waals surface area contributed by atoms with Gasteiger partial charge in [0.1, 0.15) is 0 Å². The highest BCUT2D eigenvalue weighted by atomic mass is 35.5. The van der Waals surface area contributed by atoms with Crippen molar-refractivity contribution < 1.29 is 9.90 Å². The standard InChI is InChI=1S/C13H17Cl2NO2S2/c1-8(12(6-17)19-2)16-13(18)7-20-11-5-9(14)3-4-10(11)15/h3-5,8,12,17H,6-7H2,1-2H3,(H,16,18). The van der Waals surface area contributed by atoms with E-state index in [1.165, 1.54) is 23.5 Å². The lowest BCUT2D eigenvalue weighted by molar-refractivity contribution is -0.119. The number of hydrogen-bond donors (Lipinski definition) is 2. The minimum absolute atomic E-state index is 0.00120. The first kappa shape index (κ1) is 18.0. The van der Waals surface area contributed by atoms with Crippen LogP contribution in [0.3, 0.4) is 0 Å². The molecule has 1 amide bonds. The Kier molecular flexibility index (Phi) is 8.14. The summed E-state index contributed by atoms with van der Waals surface area (Å²) in [6.45, 7) is 1.92. The molecule has 0 aliphatic rings. The summed E-state index contributed by atoms with van der Waals surface area (Å²) >= 11 is 14.8. The molecule has 1 aromatic rings. The highest BCUT2D eigenvalue weighted by Gasteiger charge is 2.17. The van der Waals surface area contributed by atoms with Crippen LogP contribution in [-0.2, 0) is 4.79 Å². The van der Waals surface area contributed by atoms with Gasteiger partial charge in [-0.15, -0.1) is 11.8 Å². The third-order valence-electron chi connectivity index (χ3n) is 2.68. The summed E-state index contributed by atoms with van der Waals surface area (Å²) in [4.78, 5) is 12.6. The van der Waals surface area contributed by atoms with Gasteiger partial charge in [0.05, 0.1) is 17.4 Å². The van der Waals surface area contributed by atoms with Crippen molar-refractivity contribution in [2.75, 3.05) is 18.6 Å². The molecule has 0 saturated heterocycles. The fraction of sp³-hybridized carbons (Fsp3) is 0.462. The molecule has 0 saturated carbocycles. The maximum Gasteiger partial charge on any atom is 0.230 e. The van der Waals surface area contributed by atoms with Gasteiger partial charge in [0, 0.05) is 21.2 Å². The molecule has 20 heavy (non-hydrogen) atoms. The number of carbonyl (C=O) groups is 1. The number of aliphatic hydroxyl groups excluding tert-OH is 1. The summed E-state index contributed by atoms with van der Waals surface area (Å²) in [5, 5.41) is 13.2. The van der Waals surface area contributed by atoms with Crippen molar-refractivity contribution in [3.05, 3.63) is 28.2 Å². The second-order valence-corrected chi connectivity index (χ2v) is 7.11. The predicted molar refractivity (Wildman–Crippen MR) is 89.2 cm³/mol. The SMILES string of the molecule is CSC(CO)C(C)NC(=O)CSc1cc(Cl)ccc1Cl. The van der Waals surface area contributed by atoms with Crippen molar-refractivity contribution in [2.45, 2.75) is 23.1 Å². The van der Waals surface area contributed by atoms with Gasteiger partial charge in [-0.3, -0.25) is 4.79 Å². The molecule has 0 aliphatic carbocycles. The summed E-state index contributed by atoms with van der Waals surface area (Å²) < 4.78 is 0.